The van der Waals surface area contributed by atoms with Crippen LogP contribution in [0.25, 0.3) is 11.1 Å². The van der Waals surface area contributed by atoms with Crippen molar-refractivity contribution in [3.05, 3.63) is 51.0 Å². The molecule has 1 aromatic heterocycles. The molecule has 0 atom stereocenters. The molecule has 0 N–H and O–H groups in total. The van der Waals surface area contributed by atoms with E-state index in [0.29, 0.717) is 0 Å². The maximum Gasteiger partial charge on any atom is 0.436 e. The number of nitrogens with zero attached hydrogens (tertiary/aromatic N) is 1. The van der Waals surface area contributed by atoms with Crippen LogP contribution in [0.2, 0.25) is 15.1 Å². The fourth-order valence-corrected chi connectivity index (χ4v) is 2.22. The Balaban J connectivity index is 2.69. The third kappa shape index (κ3) is 2.71. The first kappa shape index (κ1) is 15.4. The highest BCUT2D eigenvalue weighted by Crippen LogP contribution is 2.40. The van der Waals surface area contributed by atoms with Gasteiger partial charge in [0.15, 0.2) is 11.5 Å². The summed E-state index contributed by atoms with van der Waals surface area (Å²) < 4.78 is 51.8. The molecule has 0 unspecified atom stereocenters. The Morgan fingerprint density at radius 2 is 1.55 bits per heavy atom. The monoisotopic (exact) mass is 343 g/mol. The van der Waals surface area contributed by atoms with Gasteiger partial charge in [-0.3, -0.25) is 0 Å². The SMILES string of the molecule is Fc1c(-c2ccc(Cl)c(Cl)c2Cl)ccnc1C(F)(F)F. The lowest BCUT2D eigenvalue weighted by Gasteiger charge is -2.12. The van der Waals surface area contributed by atoms with Crippen molar-refractivity contribution in [2.45, 2.75) is 6.18 Å². The van der Waals surface area contributed by atoms with Crippen molar-refractivity contribution >= 4 is 34.8 Å². The average molecular weight is 345 g/mol. The van der Waals surface area contributed by atoms with Gasteiger partial charge in [-0.15, -0.1) is 0 Å². The van der Waals surface area contributed by atoms with E-state index in [1.165, 1.54) is 12.1 Å². The molecule has 20 heavy (non-hydrogen) atoms. The number of halogens is 7. The minimum atomic E-state index is -4.90. The molecule has 0 aliphatic rings. The van der Waals surface area contributed by atoms with Gasteiger partial charge in [-0.25, -0.2) is 9.37 Å². The quantitative estimate of drug-likeness (QED) is 0.466. The van der Waals surface area contributed by atoms with Crippen LogP contribution >= 0.6 is 34.8 Å². The van der Waals surface area contributed by atoms with Gasteiger partial charge in [0.05, 0.1) is 15.1 Å². The topological polar surface area (TPSA) is 12.9 Å². The largest absolute Gasteiger partial charge is 0.436 e. The van der Waals surface area contributed by atoms with Crippen LogP contribution < -0.4 is 0 Å². The number of hydrogen-bond donors (Lipinski definition) is 0. The molecule has 8 heteroatoms. The molecule has 0 fully saturated rings. The number of hydrogen-bond acceptors (Lipinski definition) is 1. The van der Waals surface area contributed by atoms with Crippen molar-refractivity contribution in [1.82, 2.24) is 4.98 Å². The molecule has 0 bridgehead atoms. The molecule has 0 spiro atoms. The summed E-state index contributed by atoms with van der Waals surface area (Å²) in [6.07, 6.45) is -4.05. The van der Waals surface area contributed by atoms with Crippen LogP contribution in [-0.4, -0.2) is 4.98 Å². The summed E-state index contributed by atoms with van der Waals surface area (Å²) in [7, 11) is 0. The minimum absolute atomic E-state index is 0.00599. The van der Waals surface area contributed by atoms with Crippen LogP contribution in [0.1, 0.15) is 5.69 Å². The molecule has 0 saturated carbocycles. The van der Waals surface area contributed by atoms with Crippen molar-refractivity contribution in [2.24, 2.45) is 0 Å². The predicted molar refractivity (Wildman–Crippen MR) is 69.7 cm³/mol. The smallest absolute Gasteiger partial charge is 0.249 e. The highest BCUT2D eigenvalue weighted by molar-refractivity contribution is 6.49. The van der Waals surface area contributed by atoms with Crippen LogP contribution in [-0.2, 0) is 6.18 Å². The Hall–Kier alpha value is -1.04. The molecule has 1 heterocycles. The van der Waals surface area contributed by atoms with Gasteiger partial charge in [0.25, 0.3) is 0 Å². The Morgan fingerprint density at radius 3 is 2.15 bits per heavy atom. The Bertz CT molecular complexity index is 670. The van der Waals surface area contributed by atoms with E-state index in [-0.39, 0.29) is 26.2 Å². The molecule has 0 aliphatic heterocycles. The first-order valence-electron chi connectivity index (χ1n) is 5.09. The van der Waals surface area contributed by atoms with Crippen molar-refractivity contribution in [3.63, 3.8) is 0 Å². The van der Waals surface area contributed by atoms with Gasteiger partial charge in [0, 0.05) is 17.3 Å². The van der Waals surface area contributed by atoms with Crippen LogP contribution in [0.15, 0.2) is 24.4 Å². The molecule has 106 valence electrons. The van der Waals surface area contributed by atoms with Crippen molar-refractivity contribution in [3.8, 4) is 11.1 Å². The zero-order chi connectivity index (χ0) is 15.1. The van der Waals surface area contributed by atoms with E-state index in [0.717, 1.165) is 12.3 Å². The zero-order valence-electron chi connectivity index (χ0n) is 9.40. The van der Waals surface area contributed by atoms with Gasteiger partial charge in [-0.05, 0) is 12.1 Å². The van der Waals surface area contributed by atoms with E-state index in [1.807, 2.05) is 0 Å². The molecule has 1 nitrogen and oxygen atoms in total. The molecule has 2 aromatic rings. The Labute approximate surface area is 126 Å². The molecular formula is C12H4Cl3F4N. The fourth-order valence-electron chi connectivity index (χ4n) is 1.58. The van der Waals surface area contributed by atoms with E-state index in [2.05, 4.69) is 4.98 Å². The summed E-state index contributed by atoms with van der Waals surface area (Å²) in [5, 5.41) is -0.0704. The van der Waals surface area contributed by atoms with Gasteiger partial charge >= 0.3 is 6.18 Å². The van der Waals surface area contributed by atoms with E-state index in [1.54, 1.807) is 0 Å². The number of rotatable bonds is 1. The highest BCUT2D eigenvalue weighted by atomic mass is 35.5. The van der Waals surface area contributed by atoms with Gasteiger partial charge < -0.3 is 0 Å². The van der Waals surface area contributed by atoms with Gasteiger partial charge in [-0.1, -0.05) is 40.9 Å². The lowest BCUT2D eigenvalue weighted by Crippen LogP contribution is -2.11. The standard InChI is InChI=1S/C12H4Cl3F4N/c13-7-2-1-5(8(14)9(7)15)6-3-4-20-11(10(6)16)12(17,18)19/h1-4H. The molecule has 0 amide bonds. The summed E-state index contributed by atoms with van der Waals surface area (Å²) in [6, 6.07) is 3.68. The van der Waals surface area contributed by atoms with E-state index in [9.17, 15) is 17.6 Å². The summed E-state index contributed by atoms with van der Waals surface area (Å²) in [5.41, 5.74) is -1.96. The number of benzene rings is 1. The first-order valence-corrected chi connectivity index (χ1v) is 6.22. The number of alkyl halides is 3. The number of pyridine rings is 1. The zero-order valence-corrected chi connectivity index (χ0v) is 11.7. The fraction of sp³-hybridized carbons (Fsp3) is 0.0833. The van der Waals surface area contributed by atoms with E-state index in [4.69, 9.17) is 34.8 Å². The third-order valence-corrected chi connectivity index (χ3v) is 3.78. The van der Waals surface area contributed by atoms with Gasteiger partial charge in [-0.2, -0.15) is 13.2 Å². The molecule has 0 saturated heterocycles. The second kappa shape index (κ2) is 5.39. The van der Waals surface area contributed by atoms with Gasteiger partial charge in [0.2, 0.25) is 0 Å². The normalized spacial score (nSPS) is 11.8. The van der Waals surface area contributed by atoms with E-state index >= 15 is 0 Å². The summed E-state index contributed by atoms with van der Waals surface area (Å²) >= 11 is 17.4. The van der Waals surface area contributed by atoms with Crippen LogP contribution in [0.5, 0.6) is 0 Å². The van der Waals surface area contributed by atoms with E-state index < -0.39 is 17.7 Å². The lowest BCUT2D eigenvalue weighted by atomic mass is 10.0. The van der Waals surface area contributed by atoms with Crippen molar-refractivity contribution < 1.29 is 17.6 Å². The van der Waals surface area contributed by atoms with Crippen LogP contribution in [0.4, 0.5) is 17.6 Å². The summed E-state index contributed by atoms with van der Waals surface area (Å²) in [4.78, 5) is 3.00. The highest BCUT2D eigenvalue weighted by Gasteiger charge is 2.37. The van der Waals surface area contributed by atoms with Crippen molar-refractivity contribution in [1.29, 1.82) is 0 Å². The predicted octanol–water partition coefficient (Wildman–Crippen LogP) is 5.87. The van der Waals surface area contributed by atoms with Crippen molar-refractivity contribution in [2.75, 3.05) is 0 Å². The summed E-state index contributed by atoms with van der Waals surface area (Å²) in [6.45, 7) is 0. The molecule has 0 aliphatic carbocycles. The Kier molecular flexibility index (Phi) is 4.14. The third-order valence-electron chi connectivity index (χ3n) is 2.48. The first-order chi connectivity index (χ1) is 9.23. The lowest BCUT2D eigenvalue weighted by molar-refractivity contribution is -0.143. The Morgan fingerprint density at radius 1 is 0.900 bits per heavy atom. The maximum absolute atomic E-state index is 13.9. The second-order valence-electron chi connectivity index (χ2n) is 3.74. The van der Waals surface area contributed by atoms with Crippen LogP contribution in [0, 0.1) is 5.82 Å². The number of aromatic nitrogens is 1. The molecular weight excluding hydrogens is 340 g/mol. The average Bonchev–Trinajstić information content (AvgIpc) is 2.36. The van der Waals surface area contributed by atoms with Gasteiger partial charge in [0.1, 0.15) is 0 Å². The molecule has 2 rings (SSSR count). The maximum atomic E-state index is 13.9. The summed E-state index contributed by atoms with van der Waals surface area (Å²) in [5.74, 6) is -1.51. The minimum Gasteiger partial charge on any atom is -0.249 e. The molecule has 0 radical (unpaired) electrons. The molecule has 1 aromatic carbocycles. The van der Waals surface area contributed by atoms with Crippen LogP contribution in [0.3, 0.4) is 0 Å². The second-order valence-corrected chi connectivity index (χ2v) is 4.90.